The Balaban J connectivity index is 1.65. The molecule has 1 atom stereocenters. The van der Waals surface area contributed by atoms with Crippen molar-refractivity contribution in [2.75, 3.05) is 0 Å². The number of benzene rings is 2. The number of hydrogen-bond acceptors (Lipinski definition) is 4. The summed E-state index contributed by atoms with van der Waals surface area (Å²) in [5, 5.41) is 0. The number of hydrogen-bond donors (Lipinski definition) is 0. The highest BCUT2D eigenvalue weighted by Gasteiger charge is 2.31. The van der Waals surface area contributed by atoms with Crippen LogP contribution >= 0.6 is 0 Å². The predicted molar refractivity (Wildman–Crippen MR) is 114 cm³/mol. The zero-order chi connectivity index (χ0) is 22.2. The largest absolute Gasteiger partial charge is 0.483 e. The number of ketones is 1. The fourth-order valence-corrected chi connectivity index (χ4v) is 3.63. The smallest absolute Gasteiger partial charge is 0.174 e. The summed E-state index contributed by atoms with van der Waals surface area (Å²) in [5.41, 5.74) is 2.81. The first-order chi connectivity index (χ1) is 14.8. The minimum absolute atomic E-state index is 0.240. The van der Waals surface area contributed by atoms with Crippen LogP contribution in [0.5, 0.6) is 5.75 Å². The summed E-state index contributed by atoms with van der Waals surface area (Å²) >= 11 is 0. The molecule has 1 aromatic heterocycles. The van der Waals surface area contributed by atoms with Gasteiger partial charge in [0.2, 0.25) is 0 Å². The normalized spacial score (nSPS) is 17.5. The number of Topliss-reactive ketones (excluding diaryl/α,β-unsaturated/α-hetero) is 1. The summed E-state index contributed by atoms with van der Waals surface area (Å²) in [6.45, 7) is 6.07. The molecule has 158 valence electrons. The maximum Gasteiger partial charge on any atom is 0.174 e. The van der Waals surface area contributed by atoms with Crippen molar-refractivity contribution in [3.63, 3.8) is 0 Å². The van der Waals surface area contributed by atoms with E-state index in [0.29, 0.717) is 11.4 Å². The van der Waals surface area contributed by atoms with Gasteiger partial charge in [-0.2, -0.15) is 0 Å². The first-order valence-electron chi connectivity index (χ1n) is 10.1. The number of aromatic nitrogens is 2. The molecule has 1 aliphatic rings. The molecule has 2 aromatic carbocycles. The van der Waals surface area contributed by atoms with Crippen LogP contribution in [0.4, 0.5) is 8.78 Å². The van der Waals surface area contributed by atoms with Crippen LogP contribution in [-0.4, -0.2) is 21.4 Å². The molecule has 0 radical (unpaired) electrons. The van der Waals surface area contributed by atoms with Crippen LogP contribution in [0.25, 0.3) is 5.57 Å². The molecule has 0 saturated heterocycles. The average Bonchev–Trinajstić information content (AvgIpc) is 2.74. The minimum Gasteiger partial charge on any atom is -0.483 e. The Hall–Kier alpha value is -3.41. The van der Waals surface area contributed by atoms with E-state index < -0.39 is 28.6 Å². The van der Waals surface area contributed by atoms with E-state index in [4.69, 9.17) is 4.74 Å². The lowest BCUT2D eigenvalue weighted by atomic mass is 9.89. The van der Waals surface area contributed by atoms with Crippen molar-refractivity contribution in [1.29, 1.82) is 0 Å². The molecule has 31 heavy (non-hydrogen) atoms. The first kappa shape index (κ1) is 20.8. The van der Waals surface area contributed by atoms with Crippen molar-refractivity contribution < 1.29 is 18.3 Å². The molecule has 0 fully saturated rings. The number of para-hydroxylation sites is 1. The molecule has 0 N–H and O–H groups in total. The number of carbonyl (C=O) groups is 1. The highest BCUT2D eigenvalue weighted by molar-refractivity contribution is 5.97. The summed E-state index contributed by atoms with van der Waals surface area (Å²) in [6, 6.07) is 9.29. The first-order valence-corrected chi connectivity index (χ1v) is 10.1. The van der Waals surface area contributed by atoms with Crippen LogP contribution in [0, 0.1) is 18.6 Å². The van der Waals surface area contributed by atoms with Crippen molar-refractivity contribution in [2.45, 2.75) is 39.2 Å². The van der Waals surface area contributed by atoms with E-state index in [1.807, 2.05) is 38.1 Å². The fourth-order valence-electron chi connectivity index (χ4n) is 3.63. The number of nitrogens with zero attached hydrogens (tertiary/aromatic N) is 2. The molecule has 3 aromatic rings. The van der Waals surface area contributed by atoms with Crippen molar-refractivity contribution in [2.24, 2.45) is 0 Å². The number of carbonyl (C=O) groups excluding carboxylic acids is 1. The molecule has 4 nitrogen and oxygen atoms in total. The number of fused-ring (bicyclic) bond motifs is 1. The van der Waals surface area contributed by atoms with E-state index >= 15 is 0 Å². The number of ether oxygens (including phenoxy) is 1. The second-order valence-corrected chi connectivity index (χ2v) is 7.87. The fraction of sp³-hybridized carbons (Fsp3) is 0.240. The van der Waals surface area contributed by atoms with Gasteiger partial charge in [-0.15, -0.1) is 0 Å². The monoisotopic (exact) mass is 420 g/mol. The molecule has 2 heterocycles. The molecule has 6 heteroatoms. The Morgan fingerprint density at radius 1 is 1.06 bits per heavy atom. The minimum atomic E-state index is -0.882. The van der Waals surface area contributed by atoms with Gasteiger partial charge in [0.25, 0.3) is 0 Å². The molecular weight excluding hydrogens is 398 g/mol. The van der Waals surface area contributed by atoms with Crippen LogP contribution in [-0.2, 0) is 6.42 Å². The molecule has 1 unspecified atom stereocenters. The van der Waals surface area contributed by atoms with Crippen LogP contribution < -0.4 is 4.74 Å². The van der Waals surface area contributed by atoms with Gasteiger partial charge in [-0.1, -0.05) is 31.2 Å². The van der Waals surface area contributed by atoms with Crippen molar-refractivity contribution in [3.8, 4) is 5.75 Å². The molecule has 0 bridgehead atoms. The Morgan fingerprint density at radius 3 is 2.42 bits per heavy atom. The third-order valence-electron chi connectivity index (χ3n) is 5.55. The zero-order valence-corrected chi connectivity index (χ0v) is 17.6. The van der Waals surface area contributed by atoms with Gasteiger partial charge in [0, 0.05) is 17.3 Å². The SMILES string of the molecule is CCC1(C)C=C(c2cnc(CC(=O)c3c(F)cccc3F)cn2)c2cccc(C)c2O1. The third kappa shape index (κ3) is 3.98. The van der Waals surface area contributed by atoms with Gasteiger partial charge in [0.1, 0.15) is 23.0 Å². The van der Waals surface area contributed by atoms with Crippen LogP contribution in [0.1, 0.15) is 53.1 Å². The molecule has 0 saturated carbocycles. The van der Waals surface area contributed by atoms with Gasteiger partial charge < -0.3 is 4.74 Å². The van der Waals surface area contributed by atoms with E-state index in [0.717, 1.165) is 41.0 Å². The highest BCUT2D eigenvalue weighted by atomic mass is 19.1. The maximum atomic E-state index is 13.9. The lowest BCUT2D eigenvalue weighted by Crippen LogP contribution is -2.32. The van der Waals surface area contributed by atoms with Crippen LogP contribution in [0.15, 0.2) is 54.9 Å². The van der Waals surface area contributed by atoms with Gasteiger partial charge in [-0.05, 0) is 44.0 Å². The molecule has 0 amide bonds. The Bertz CT molecular complexity index is 1170. The number of rotatable bonds is 5. The molecule has 1 aliphatic heterocycles. The zero-order valence-electron chi connectivity index (χ0n) is 17.6. The van der Waals surface area contributed by atoms with Gasteiger partial charge in [0.05, 0.1) is 29.6 Å². The van der Waals surface area contributed by atoms with Crippen molar-refractivity contribution >= 4 is 11.4 Å². The Labute approximate surface area is 179 Å². The van der Waals surface area contributed by atoms with Gasteiger partial charge >= 0.3 is 0 Å². The quantitative estimate of drug-likeness (QED) is 0.513. The molecule has 4 rings (SSSR count). The topological polar surface area (TPSA) is 52.1 Å². The highest BCUT2D eigenvalue weighted by Crippen LogP contribution is 2.41. The molecule has 0 aliphatic carbocycles. The van der Waals surface area contributed by atoms with Gasteiger partial charge in [-0.25, -0.2) is 8.78 Å². The van der Waals surface area contributed by atoms with Crippen molar-refractivity contribution in [1.82, 2.24) is 9.97 Å². The summed E-state index contributed by atoms with van der Waals surface area (Å²) in [5.74, 6) is -1.62. The molecule has 0 spiro atoms. The van der Waals surface area contributed by atoms with Crippen molar-refractivity contribution in [3.05, 3.63) is 94.6 Å². The van der Waals surface area contributed by atoms with Gasteiger partial charge in [0.15, 0.2) is 5.78 Å². The average molecular weight is 420 g/mol. The Morgan fingerprint density at radius 2 is 1.77 bits per heavy atom. The van der Waals surface area contributed by atoms with E-state index in [1.165, 1.54) is 12.3 Å². The predicted octanol–water partition coefficient (Wildman–Crippen LogP) is 5.48. The summed E-state index contributed by atoms with van der Waals surface area (Å²) in [7, 11) is 0. The standard InChI is InChI=1S/C25H22F2N2O2/c1-4-25(3)12-18(17-8-5-7-15(2)24(17)31-25)21-14-28-16(13-29-21)11-22(30)23-19(26)9-6-10-20(23)27/h5-10,12-14H,4,11H2,1-3H3. The maximum absolute atomic E-state index is 13.9. The lowest BCUT2D eigenvalue weighted by Gasteiger charge is -2.34. The second-order valence-electron chi connectivity index (χ2n) is 7.87. The second kappa shape index (κ2) is 8.02. The van der Waals surface area contributed by atoms with Crippen LogP contribution in [0.2, 0.25) is 0 Å². The number of aryl methyl sites for hydroxylation is 1. The van der Waals surface area contributed by atoms with E-state index in [2.05, 4.69) is 16.9 Å². The van der Waals surface area contributed by atoms with Crippen LogP contribution in [0.3, 0.4) is 0 Å². The summed E-state index contributed by atoms with van der Waals surface area (Å²) < 4.78 is 34.0. The van der Waals surface area contributed by atoms with E-state index in [9.17, 15) is 13.6 Å². The lowest BCUT2D eigenvalue weighted by molar-refractivity contribution is 0.0983. The van der Waals surface area contributed by atoms with E-state index in [1.54, 1.807) is 6.20 Å². The number of halogens is 2. The Kier molecular flexibility index (Phi) is 5.39. The van der Waals surface area contributed by atoms with E-state index in [-0.39, 0.29) is 6.42 Å². The summed E-state index contributed by atoms with van der Waals surface area (Å²) in [4.78, 5) is 21.2. The van der Waals surface area contributed by atoms with Gasteiger partial charge in [-0.3, -0.25) is 14.8 Å². The molecular formula is C25H22F2N2O2. The third-order valence-corrected chi connectivity index (χ3v) is 5.55. The summed E-state index contributed by atoms with van der Waals surface area (Å²) in [6.07, 6.45) is 5.63.